The van der Waals surface area contributed by atoms with Crippen molar-refractivity contribution in [3.8, 4) is 0 Å². The topological polar surface area (TPSA) is 3.24 Å². The molecule has 0 saturated carbocycles. The molecular formula is C10H10NS. The van der Waals surface area contributed by atoms with Gasteiger partial charge in [0.1, 0.15) is 5.37 Å². The standard InChI is InChI=1S/C10H10NS/c1-11-7-8-12-10(11)9-5-3-2-4-6-9/h2-8,10H,1H2. The number of hydrogen-bond acceptors (Lipinski definition) is 2. The molecule has 0 aromatic heterocycles. The van der Waals surface area contributed by atoms with E-state index in [0.717, 1.165) is 0 Å². The van der Waals surface area contributed by atoms with Gasteiger partial charge in [-0.3, -0.25) is 0 Å². The molecule has 0 bridgehead atoms. The van der Waals surface area contributed by atoms with Crippen molar-refractivity contribution in [1.82, 2.24) is 4.90 Å². The Bertz CT molecular complexity index is 281. The average Bonchev–Trinajstić information content (AvgIpc) is 2.53. The molecule has 1 unspecified atom stereocenters. The van der Waals surface area contributed by atoms with Crippen LogP contribution >= 0.6 is 11.8 Å². The molecule has 0 aliphatic carbocycles. The third-order valence-corrected chi connectivity index (χ3v) is 2.93. The molecule has 0 fully saturated rings. The molecule has 0 saturated heterocycles. The maximum Gasteiger partial charge on any atom is 0.104 e. The summed E-state index contributed by atoms with van der Waals surface area (Å²) in [6, 6.07) is 10.4. The smallest absolute Gasteiger partial charge is 0.104 e. The maximum atomic E-state index is 3.92. The first-order valence-electron chi connectivity index (χ1n) is 3.84. The van der Waals surface area contributed by atoms with E-state index in [9.17, 15) is 0 Å². The highest BCUT2D eigenvalue weighted by atomic mass is 32.2. The molecule has 1 aromatic rings. The number of rotatable bonds is 1. The highest BCUT2D eigenvalue weighted by Crippen LogP contribution is 2.37. The summed E-state index contributed by atoms with van der Waals surface area (Å²) in [6.07, 6.45) is 2.00. The average molecular weight is 176 g/mol. The van der Waals surface area contributed by atoms with E-state index in [1.54, 1.807) is 11.8 Å². The fourth-order valence-corrected chi connectivity index (χ4v) is 2.15. The molecular weight excluding hydrogens is 166 g/mol. The predicted molar refractivity (Wildman–Crippen MR) is 53.1 cm³/mol. The minimum atomic E-state index is 0.367. The Labute approximate surface area is 77.1 Å². The van der Waals surface area contributed by atoms with Gasteiger partial charge >= 0.3 is 0 Å². The van der Waals surface area contributed by atoms with Crippen LogP contribution < -0.4 is 0 Å². The Balaban J connectivity index is 2.22. The van der Waals surface area contributed by atoms with E-state index in [1.165, 1.54) is 5.56 Å². The molecule has 1 aliphatic rings. The Morgan fingerprint density at radius 1 is 1.25 bits per heavy atom. The molecule has 12 heavy (non-hydrogen) atoms. The van der Waals surface area contributed by atoms with Gasteiger partial charge in [0.05, 0.1) is 0 Å². The van der Waals surface area contributed by atoms with Crippen LogP contribution in [-0.4, -0.2) is 4.90 Å². The van der Waals surface area contributed by atoms with Crippen LogP contribution in [0, 0.1) is 7.05 Å². The fraction of sp³-hybridized carbons (Fsp3) is 0.100. The van der Waals surface area contributed by atoms with E-state index < -0.39 is 0 Å². The largest absolute Gasteiger partial charge is 0.359 e. The number of thioether (sulfide) groups is 1. The van der Waals surface area contributed by atoms with E-state index in [1.807, 2.05) is 17.2 Å². The zero-order chi connectivity index (χ0) is 8.39. The van der Waals surface area contributed by atoms with Gasteiger partial charge in [0.2, 0.25) is 0 Å². The van der Waals surface area contributed by atoms with Crippen molar-refractivity contribution in [3.05, 3.63) is 54.6 Å². The van der Waals surface area contributed by atoms with Crippen LogP contribution in [0.3, 0.4) is 0 Å². The number of nitrogens with zero attached hydrogens (tertiary/aromatic N) is 1. The summed E-state index contributed by atoms with van der Waals surface area (Å²) in [5.41, 5.74) is 1.31. The van der Waals surface area contributed by atoms with Crippen LogP contribution in [-0.2, 0) is 0 Å². The molecule has 0 amide bonds. The molecule has 2 heteroatoms. The molecule has 61 valence electrons. The number of hydrogen-bond donors (Lipinski definition) is 0. The van der Waals surface area contributed by atoms with Crippen molar-refractivity contribution in [1.29, 1.82) is 0 Å². The summed E-state index contributed by atoms with van der Waals surface area (Å²) in [5.74, 6) is 0. The van der Waals surface area contributed by atoms with Gasteiger partial charge in [-0.25, -0.2) is 0 Å². The molecule has 1 atom stereocenters. The summed E-state index contributed by atoms with van der Waals surface area (Å²) in [4.78, 5) is 1.97. The van der Waals surface area contributed by atoms with Crippen molar-refractivity contribution < 1.29 is 0 Å². The molecule has 1 aromatic carbocycles. The van der Waals surface area contributed by atoms with Crippen LogP contribution in [0.1, 0.15) is 10.9 Å². The van der Waals surface area contributed by atoms with Crippen molar-refractivity contribution in [2.75, 3.05) is 0 Å². The Kier molecular flexibility index (Phi) is 2.09. The first-order chi connectivity index (χ1) is 5.88. The minimum absolute atomic E-state index is 0.367. The van der Waals surface area contributed by atoms with Crippen LogP contribution in [0.2, 0.25) is 0 Å². The van der Waals surface area contributed by atoms with Gasteiger partial charge in [0, 0.05) is 13.2 Å². The second kappa shape index (κ2) is 3.23. The Morgan fingerprint density at radius 3 is 2.58 bits per heavy atom. The third kappa shape index (κ3) is 1.34. The Hall–Kier alpha value is -0.890. The fourth-order valence-electron chi connectivity index (χ4n) is 1.23. The van der Waals surface area contributed by atoms with Gasteiger partial charge in [-0.15, -0.1) is 11.8 Å². The summed E-state index contributed by atoms with van der Waals surface area (Å²) in [6.45, 7) is 0. The summed E-state index contributed by atoms with van der Waals surface area (Å²) >= 11 is 1.79. The summed E-state index contributed by atoms with van der Waals surface area (Å²) in [7, 11) is 3.92. The van der Waals surface area contributed by atoms with Gasteiger partial charge in [-0.1, -0.05) is 30.3 Å². The lowest BCUT2D eigenvalue weighted by Crippen LogP contribution is -2.08. The summed E-state index contributed by atoms with van der Waals surface area (Å²) < 4.78 is 0. The lowest BCUT2D eigenvalue weighted by molar-refractivity contribution is 0.493. The summed E-state index contributed by atoms with van der Waals surface area (Å²) in [5, 5.41) is 2.44. The van der Waals surface area contributed by atoms with E-state index >= 15 is 0 Å². The van der Waals surface area contributed by atoms with E-state index in [4.69, 9.17) is 0 Å². The molecule has 0 N–H and O–H groups in total. The molecule has 1 aliphatic heterocycles. The van der Waals surface area contributed by atoms with Gasteiger partial charge in [0.15, 0.2) is 0 Å². The van der Waals surface area contributed by atoms with E-state index in [0.29, 0.717) is 5.37 Å². The van der Waals surface area contributed by atoms with Gasteiger partial charge < -0.3 is 4.90 Å². The lowest BCUT2D eigenvalue weighted by Gasteiger charge is -2.19. The molecule has 1 heterocycles. The van der Waals surface area contributed by atoms with Crippen molar-refractivity contribution in [2.45, 2.75) is 5.37 Å². The zero-order valence-electron chi connectivity index (χ0n) is 6.68. The van der Waals surface area contributed by atoms with Crippen LogP contribution in [0.15, 0.2) is 41.9 Å². The van der Waals surface area contributed by atoms with Crippen LogP contribution in [0.4, 0.5) is 0 Å². The monoisotopic (exact) mass is 176 g/mol. The zero-order valence-corrected chi connectivity index (χ0v) is 7.50. The normalized spacial score (nSPS) is 21.8. The van der Waals surface area contributed by atoms with Crippen molar-refractivity contribution in [3.63, 3.8) is 0 Å². The second-order valence-corrected chi connectivity index (χ2v) is 3.69. The van der Waals surface area contributed by atoms with E-state index in [2.05, 4.69) is 36.7 Å². The maximum absolute atomic E-state index is 3.92. The quantitative estimate of drug-likeness (QED) is 0.647. The molecule has 1 nitrogen and oxygen atoms in total. The minimum Gasteiger partial charge on any atom is -0.359 e. The van der Waals surface area contributed by atoms with Gasteiger partial charge in [-0.05, 0) is 11.0 Å². The van der Waals surface area contributed by atoms with Crippen LogP contribution in [0.5, 0.6) is 0 Å². The van der Waals surface area contributed by atoms with Crippen molar-refractivity contribution >= 4 is 11.8 Å². The van der Waals surface area contributed by atoms with Gasteiger partial charge in [-0.2, -0.15) is 0 Å². The van der Waals surface area contributed by atoms with Crippen molar-refractivity contribution in [2.24, 2.45) is 0 Å². The highest BCUT2D eigenvalue weighted by Gasteiger charge is 2.17. The van der Waals surface area contributed by atoms with Gasteiger partial charge in [0.25, 0.3) is 0 Å². The highest BCUT2D eigenvalue weighted by molar-refractivity contribution is 8.02. The third-order valence-electron chi connectivity index (χ3n) is 1.85. The second-order valence-electron chi connectivity index (χ2n) is 2.70. The SMILES string of the molecule is [CH2]N1C=CSC1c1ccccc1. The number of benzene rings is 1. The molecule has 1 radical (unpaired) electrons. The predicted octanol–water partition coefficient (Wildman–Crippen LogP) is 3.00. The van der Waals surface area contributed by atoms with E-state index in [-0.39, 0.29) is 0 Å². The molecule has 0 spiro atoms. The lowest BCUT2D eigenvalue weighted by atomic mass is 10.2. The van der Waals surface area contributed by atoms with Crippen LogP contribution in [0.25, 0.3) is 0 Å². The molecule has 2 rings (SSSR count). The Morgan fingerprint density at radius 2 is 2.00 bits per heavy atom. The first kappa shape index (κ1) is 7.74. The first-order valence-corrected chi connectivity index (χ1v) is 4.78.